The Bertz CT molecular complexity index is 1480. The number of hydrogen-bond donors (Lipinski definition) is 1. The Hall–Kier alpha value is -3.59. The number of amides is 1. The maximum atomic E-state index is 13.3. The van der Waals surface area contributed by atoms with Crippen molar-refractivity contribution in [2.45, 2.75) is 48.2 Å². The van der Waals surface area contributed by atoms with Crippen LogP contribution < -0.4 is 17.0 Å². The van der Waals surface area contributed by atoms with Crippen LogP contribution in [0.3, 0.4) is 0 Å². The lowest BCUT2D eigenvalue weighted by molar-refractivity contribution is 0.100. The van der Waals surface area contributed by atoms with Crippen molar-refractivity contribution in [1.29, 1.82) is 0 Å². The molecule has 8 nitrogen and oxygen atoms in total. The molecule has 2 aromatic carbocycles. The summed E-state index contributed by atoms with van der Waals surface area (Å²) < 4.78 is 4.70. The van der Waals surface area contributed by atoms with Gasteiger partial charge in [-0.3, -0.25) is 23.4 Å². The van der Waals surface area contributed by atoms with Gasteiger partial charge in [-0.05, 0) is 42.7 Å². The molecule has 1 aliphatic rings. The third-order valence-electron chi connectivity index (χ3n) is 6.35. The van der Waals surface area contributed by atoms with Crippen molar-refractivity contribution < 1.29 is 4.79 Å². The van der Waals surface area contributed by atoms with Gasteiger partial charge in [0.25, 0.3) is 5.56 Å². The molecule has 34 heavy (non-hydrogen) atoms. The van der Waals surface area contributed by atoms with Crippen LogP contribution in [0.15, 0.2) is 74.1 Å². The van der Waals surface area contributed by atoms with Gasteiger partial charge < -0.3 is 5.73 Å². The van der Waals surface area contributed by atoms with Crippen molar-refractivity contribution in [3.05, 3.63) is 86.6 Å². The molecule has 0 aliphatic heterocycles. The zero-order valence-corrected chi connectivity index (χ0v) is 19.6. The highest BCUT2D eigenvalue weighted by atomic mass is 32.2. The summed E-state index contributed by atoms with van der Waals surface area (Å²) in [6.07, 6.45) is 3.91. The van der Waals surface area contributed by atoms with Gasteiger partial charge >= 0.3 is 5.69 Å². The molecule has 1 fully saturated rings. The number of primary amides is 1. The first-order chi connectivity index (χ1) is 16.4. The van der Waals surface area contributed by atoms with Crippen LogP contribution in [0.1, 0.15) is 47.6 Å². The Kier molecular flexibility index (Phi) is 5.87. The van der Waals surface area contributed by atoms with Gasteiger partial charge in [0.2, 0.25) is 5.91 Å². The van der Waals surface area contributed by atoms with E-state index in [-0.39, 0.29) is 17.3 Å². The third kappa shape index (κ3) is 3.96. The number of carbonyl (C=O) groups is 1. The zero-order valence-electron chi connectivity index (χ0n) is 18.8. The summed E-state index contributed by atoms with van der Waals surface area (Å²) in [6.45, 7) is 0.380. The van der Waals surface area contributed by atoms with E-state index in [1.54, 1.807) is 21.4 Å². The molecule has 4 aromatic rings. The average Bonchev–Trinajstić information content (AvgIpc) is 3.48. The van der Waals surface area contributed by atoms with Crippen molar-refractivity contribution in [2.75, 3.05) is 0 Å². The Balaban J connectivity index is 1.71. The number of hydrogen-bond acceptors (Lipinski definition) is 5. The van der Waals surface area contributed by atoms with E-state index in [0.29, 0.717) is 28.2 Å². The Morgan fingerprint density at radius 2 is 1.74 bits per heavy atom. The Morgan fingerprint density at radius 3 is 2.38 bits per heavy atom. The summed E-state index contributed by atoms with van der Waals surface area (Å²) in [4.78, 5) is 38.9. The maximum absolute atomic E-state index is 13.3. The lowest BCUT2D eigenvalue weighted by Crippen LogP contribution is -2.39. The van der Waals surface area contributed by atoms with Crippen LogP contribution in [-0.2, 0) is 13.6 Å². The van der Waals surface area contributed by atoms with Gasteiger partial charge in [-0.1, -0.05) is 54.9 Å². The van der Waals surface area contributed by atoms with Crippen LogP contribution in [0.25, 0.3) is 11.0 Å². The van der Waals surface area contributed by atoms with Gasteiger partial charge in [0.1, 0.15) is 10.4 Å². The molecule has 1 amide bonds. The number of benzene rings is 2. The van der Waals surface area contributed by atoms with Crippen LogP contribution in [0, 0.1) is 0 Å². The van der Waals surface area contributed by atoms with Gasteiger partial charge in [-0.15, -0.1) is 0 Å². The van der Waals surface area contributed by atoms with Crippen LogP contribution in [0.4, 0.5) is 0 Å². The predicted octanol–water partition coefficient (Wildman–Crippen LogP) is 3.31. The van der Waals surface area contributed by atoms with Gasteiger partial charge in [0.05, 0.1) is 6.54 Å². The first kappa shape index (κ1) is 22.2. The topological polar surface area (TPSA) is 105 Å². The van der Waals surface area contributed by atoms with E-state index in [1.165, 1.54) is 23.4 Å². The number of carbonyl (C=O) groups excluding carboxylic acids is 1. The molecule has 1 aliphatic carbocycles. The fraction of sp³-hybridized carbons (Fsp3) is 0.280. The normalized spacial score (nSPS) is 14.1. The lowest BCUT2D eigenvalue weighted by atomic mass is 10.1. The fourth-order valence-corrected chi connectivity index (χ4v) is 5.55. The molecule has 174 valence electrons. The summed E-state index contributed by atoms with van der Waals surface area (Å²) >= 11 is 1.46. The highest BCUT2D eigenvalue weighted by Gasteiger charge is 2.27. The number of nitrogens with two attached hydrogens (primary N) is 1. The standard InChI is InChI=1S/C25H25N5O3S/c1-28-23(32)20-22(30(25(28)33)18-7-5-6-8-18)27-29(24(20)34-19-9-3-2-4-10-19)15-16-11-13-17(14-12-16)21(26)31/h2-4,9-14,18H,5-8,15H2,1H3,(H2,26,31). The van der Waals surface area contributed by atoms with Gasteiger partial charge in [0.15, 0.2) is 5.65 Å². The second kappa shape index (κ2) is 8.98. The van der Waals surface area contributed by atoms with Gasteiger partial charge in [0, 0.05) is 23.5 Å². The Labute approximate surface area is 200 Å². The number of nitrogens with zero attached hydrogens (tertiary/aromatic N) is 4. The molecule has 2 N–H and O–H groups in total. The molecule has 1 saturated carbocycles. The largest absolute Gasteiger partial charge is 0.366 e. The molecule has 0 saturated heterocycles. The highest BCUT2D eigenvalue weighted by molar-refractivity contribution is 7.99. The first-order valence-corrected chi connectivity index (χ1v) is 12.1. The summed E-state index contributed by atoms with van der Waals surface area (Å²) in [6, 6.07) is 16.8. The minimum Gasteiger partial charge on any atom is -0.366 e. The fourth-order valence-electron chi connectivity index (χ4n) is 4.55. The van der Waals surface area contributed by atoms with Crippen LogP contribution in [0.5, 0.6) is 0 Å². The van der Waals surface area contributed by atoms with E-state index >= 15 is 0 Å². The molecule has 0 unspecified atom stereocenters. The number of aromatic nitrogens is 4. The molecule has 0 atom stereocenters. The summed E-state index contributed by atoms with van der Waals surface area (Å²) in [5.74, 6) is -0.485. The summed E-state index contributed by atoms with van der Waals surface area (Å²) in [7, 11) is 1.53. The van der Waals surface area contributed by atoms with E-state index < -0.39 is 5.91 Å². The molecule has 0 radical (unpaired) electrons. The molecule has 2 aromatic heterocycles. The highest BCUT2D eigenvalue weighted by Crippen LogP contribution is 2.35. The van der Waals surface area contributed by atoms with E-state index in [4.69, 9.17) is 10.8 Å². The average molecular weight is 476 g/mol. The second-order valence-electron chi connectivity index (χ2n) is 8.59. The SMILES string of the molecule is Cn1c(=O)c2c(Sc3ccccc3)n(Cc3ccc(C(N)=O)cc3)nc2n(C2CCCC2)c1=O. The maximum Gasteiger partial charge on any atom is 0.332 e. The molecule has 2 heterocycles. The third-order valence-corrected chi connectivity index (χ3v) is 7.46. The molecular weight excluding hydrogens is 450 g/mol. The minimum atomic E-state index is -0.485. The van der Waals surface area contributed by atoms with E-state index in [1.807, 2.05) is 42.5 Å². The van der Waals surface area contributed by atoms with Crippen LogP contribution in [-0.4, -0.2) is 24.8 Å². The first-order valence-electron chi connectivity index (χ1n) is 11.3. The molecule has 9 heteroatoms. The zero-order chi connectivity index (χ0) is 23.8. The molecular formula is C25H25N5O3S. The second-order valence-corrected chi connectivity index (χ2v) is 9.65. The van der Waals surface area contributed by atoms with Crippen molar-refractivity contribution >= 4 is 28.7 Å². The van der Waals surface area contributed by atoms with Crippen LogP contribution in [0.2, 0.25) is 0 Å². The number of rotatable bonds is 6. The van der Waals surface area contributed by atoms with E-state index in [0.717, 1.165) is 36.1 Å². The molecule has 0 spiro atoms. The van der Waals surface area contributed by atoms with E-state index in [9.17, 15) is 14.4 Å². The monoisotopic (exact) mass is 475 g/mol. The summed E-state index contributed by atoms with van der Waals surface area (Å²) in [5, 5.41) is 5.97. The Morgan fingerprint density at radius 1 is 1.06 bits per heavy atom. The molecule has 0 bridgehead atoms. The predicted molar refractivity (Wildman–Crippen MR) is 131 cm³/mol. The van der Waals surface area contributed by atoms with Crippen molar-refractivity contribution in [1.82, 2.24) is 18.9 Å². The molecule has 5 rings (SSSR count). The lowest BCUT2D eigenvalue weighted by Gasteiger charge is -2.15. The van der Waals surface area contributed by atoms with Gasteiger partial charge in [-0.2, -0.15) is 5.10 Å². The minimum absolute atomic E-state index is 0.0366. The van der Waals surface area contributed by atoms with Crippen molar-refractivity contribution in [3.63, 3.8) is 0 Å². The van der Waals surface area contributed by atoms with E-state index in [2.05, 4.69) is 0 Å². The van der Waals surface area contributed by atoms with Crippen LogP contribution >= 0.6 is 11.8 Å². The quantitative estimate of drug-likeness (QED) is 0.461. The smallest absolute Gasteiger partial charge is 0.332 e. The van der Waals surface area contributed by atoms with Crippen molar-refractivity contribution in [3.8, 4) is 0 Å². The number of fused-ring (bicyclic) bond motifs is 1. The summed E-state index contributed by atoms with van der Waals surface area (Å²) in [5.41, 5.74) is 6.47. The van der Waals surface area contributed by atoms with Gasteiger partial charge in [-0.25, -0.2) is 4.79 Å². The van der Waals surface area contributed by atoms with Crippen molar-refractivity contribution in [2.24, 2.45) is 12.8 Å².